The number of para-hydroxylation sites is 1. The molecule has 0 bridgehead atoms. The van der Waals surface area contributed by atoms with Crippen molar-refractivity contribution < 1.29 is 9.53 Å². The lowest BCUT2D eigenvalue weighted by atomic mass is 10.0. The summed E-state index contributed by atoms with van der Waals surface area (Å²) in [5.74, 6) is -0.133. The van der Waals surface area contributed by atoms with Gasteiger partial charge in [0.25, 0.3) is 5.56 Å². The molecular weight excluding hydrogens is 346 g/mol. The Morgan fingerprint density at radius 3 is 2.56 bits per heavy atom. The fourth-order valence-electron chi connectivity index (χ4n) is 3.06. The van der Waals surface area contributed by atoms with Gasteiger partial charge in [-0.3, -0.25) is 9.59 Å². The average molecular weight is 367 g/mol. The first-order valence-corrected chi connectivity index (χ1v) is 8.61. The fraction of sp³-hybridized carbons (Fsp3) is 0.250. The monoisotopic (exact) mass is 367 g/mol. The van der Waals surface area contributed by atoms with E-state index in [1.807, 2.05) is 0 Å². The maximum atomic E-state index is 12.9. The normalized spacial score (nSPS) is 12.1. The van der Waals surface area contributed by atoms with E-state index < -0.39 is 23.2 Å². The number of aromatic amines is 1. The number of nitrogens with one attached hydrogen (secondary N) is 2. The first-order valence-electron chi connectivity index (χ1n) is 8.61. The van der Waals surface area contributed by atoms with Crippen LogP contribution in [-0.4, -0.2) is 22.6 Å². The predicted molar refractivity (Wildman–Crippen MR) is 104 cm³/mol. The van der Waals surface area contributed by atoms with Crippen molar-refractivity contribution in [3.05, 3.63) is 69.4 Å². The number of H-pyrrole nitrogens is 1. The lowest BCUT2D eigenvalue weighted by Gasteiger charge is -2.22. The minimum Gasteiger partial charge on any atom is -0.497 e. The van der Waals surface area contributed by atoms with E-state index in [1.54, 1.807) is 62.4 Å². The van der Waals surface area contributed by atoms with Gasteiger partial charge in [-0.05, 0) is 30.2 Å². The van der Waals surface area contributed by atoms with Gasteiger partial charge in [0, 0.05) is 11.8 Å². The van der Waals surface area contributed by atoms with Crippen LogP contribution in [0.2, 0.25) is 0 Å². The first kappa shape index (κ1) is 18.4. The van der Waals surface area contributed by atoms with Crippen LogP contribution in [0.15, 0.2) is 58.1 Å². The van der Waals surface area contributed by atoms with Gasteiger partial charge in [0.05, 0.1) is 18.0 Å². The van der Waals surface area contributed by atoms with E-state index >= 15 is 0 Å². The molecule has 0 aliphatic rings. The van der Waals surface area contributed by atoms with E-state index in [4.69, 9.17) is 4.74 Å². The molecule has 1 unspecified atom stereocenters. The molecule has 140 valence electrons. The average Bonchev–Trinajstić information content (AvgIpc) is 2.64. The third kappa shape index (κ3) is 3.62. The lowest BCUT2D eigenvalue weighted by Crippen LogP contribution is -2.44. The largest absolute Gasteiger partial charge is 0.497 e. The van der Waals surface area contributed by atoms with E-state index in [0.717, 1.165) is 4.57 Å². The zero-order chi connectivity index (χ0) is 19.6. The number of ether oxygens (including phenoxy) is 1. The second-order valence-electron chi connectivity index (χ2n) is 6.56. The smallest absolute Gasteiger partial charge is 0.329 e. The molecule has 0 spiro atoms. The van der Waals surface area contributed by atoms with Crippen LogP contribution >= 0.6 is 0 Å². The van der Waals surface area contributed by atoms with Gasteiger partial charge in [0.2, 0.25) is 5.91 Å². The highest BCUT2D eigenvalue weighted by molar-refractivity contribution is 5.94. The molecule has 0 aliphatic carbocycles. The summed E-state index contributed by atoms with van der Waals surface area (Å²) in [6.45, 7) is 3.58. The fourth-order valence-corrected chi connectivity index (χ4v) is 3.06. The molecular formula is C20H21N3O4. The molecule has 0 saturated carbocycles. The summed E-state index contributed by atoms with van der Waals surface area (Å²) in [5, 5.41) is 3.13. The van der Waals surface area contributed by atoms with Crippen LogP contribution in [-0.2, 0) is 4.79 Å². The Morgan fingerprint density at radius 2 is 1.85 bits per heavy atom. The highest BCUT2D eigenvalue weighted by Gasteiger charge is 2.28. The molecule has 27 heavy (non-hydrogen) atoms. The van der Waals surface area contributed by atoms with E-state index in [0.29, 0.717) is 22.3 Å². The molecule has 0 fully saturated rings. The highest BCUT2D eigenvalue weighted by atomic mass is 16.5. The maximum Gasteiger partial charge on any atom is 0.329 e. The van der Waals surface area contributed by atoms with Gasteiger partial charge in [0.15, 0.2) is 0 Å². The number of carbonyl (C=O) groups is 1. The molecule has 3 aromatic rings. The van der Waals surface area contributed by atoms with Gasteiger partial charge in [0.1, 0.15) is 11.8 Å². The Labute approximate surface area is 155 Å². The molecule has 2 N–H and O–H groups in total. The number of nitrogens with zero attached hydrogens (tertiary/aromatic N) is 1. The van der Waals surface area contributed by atoms with Gasteiger partial charge < -0.3 is 15.0 Å². The van der Waals surface area contributed by atoms with Crippen LogP contribution in [0.25, 0.3) is 10.9 Å². The van der Waals surface area contributed by atoms with E-state index in [1.165, 1.54) is 7.11 Å². The summed E-state index contributed by atoms with van der Waals surface area (Å²) in [6, 6.07) is 12.7. The van der Waals surface area contributed by atoms with Crippen molar-refractivity contribution in [1.82, 2.24) is 9.55 Å². The van der Waals surface area contributed by atoms with Gasteiger partial charge >= 0.3 is 5.69 Å². The molecule has 0 saturated heterocycles. The molecule has 1 heterocycles. The lowest BCUT2D eigenvalue weighted by molar-refractivity contribution is -0.120. The molecule has 1 amide bonds. The molecule has 1 aromatic heterocycles. The van der Waals surface area contributed by atoms with Gasteiger partial charge in [-0.2, -0.15) is 0 Å². The number of fused-ring (bicyclic) bond motifs is 1. The number of amides is 1. The maximum absolute atomic E-state index is 12.9. The van der Waals surface area contributed by atoms with Crippen molar-refractivity contribution in [1.29, 1.82) is 0 Å². The van der Waals surface area contributed by atoms with E-state index in [-0.39, 0.29) is 5.92 Å². The number of benzene rings is 2. The van der Waals surface area contributed by atoms with Crippen molar-refractivity contribution in [3.8, 4) is 5.75 Å². The Kier molecular flexibility index (Phi) is 5.12. The van der Waals surface area contributed by atoms with Crippen LogP contribution in [0.4, 0.5) is 5.69 Å². The number of anilines is 1. The summed E-state index contributed by atoms with van der Waals surface area (Å²) in [4.78, 5) is 41.1. The number of hydrogen-bond acceptors (Lipinski definition) is 4. The molecule has 0 radical (unpaired) electrons. The Morgan fingerprint density at radius 1 is 1.11 bits per heavy atom. The summed E-state index contributed by atoms with van der Waals surface area (Å²) in [5.41, 5.74) is -0.137. The molecule has 0 aliphatic heterocycles. The van der Waals surface area contributed by atoms with Gasteiger partial charge in [-0.15, -0.1) is 0 Å². The Hall–Kier alpha value is -3.35. The minimum atomic E-state index is -0.961. The number of aromatic nitrogens is 2. The third-order valence-electron chi connectivity index (χ3n) is 4.35. The standard InChI is InChI=1S/C20H21N3O4/c1-12(2)17(18(24)21-13-7-6-8-14(11-13)27-3)23-19(25)15-9-4-5-10-16(15)22-20(23)26/h4-12,17H,1-3H3,(H,21,24)(H,22,26). The van der Waals surface area contributed by atoms with Crippen molar-refractivity contribution in [2.45, 2.75) is 19.9 Å². The second kappa shape index (κ2) is 7.49. The zero-order valence-corrected chi connectivity index (χ0v) is 15.4. The molecule has 3 rings (SSSR count). The van der Waals surface area contributed by atoms with Crippen LogP contribution in [0, 0.1) is 5.92 Å². The Balaban J connectivity index is 2.06. The van der Waals surface area contributed by atoms with Crippen LogP contribution in [0.3, 0.4) is 0 Å². The minimum absolute atomic E-state index is 0.282. The SMILES string of the molecule is COc1cccc(NC(=O)C(C(C)C)n2c(=O)[nH]c3ccccc3c2=O)c1. The highest BCUT2D eigenvalue weighted by Crippen LogP contribution is 2.21. The van der Waals surface area contributed by atoms with E-state index in [2.05, 4.69) is 10.3 Å². The first-order chi connectivity index (χ1) is 12.9. The van der Waals surface area contributed by atoms with Crippen LogP contribution in [0.5, 0.6) is 5.75 Å². The number of hydrogen-bond donors (Lipinski definition) is 2. The van der Waals surface area contributed by atoms with Crippen molar-refractivity contribution >= 4 is 22.5 Å². The summed E-state index contributed by atoms with van der Waals surface area (Å²) in [6.07, 6.45) is 0. The van der Waals surface area contributed by atoms with Gasteiger partial charge in [-0.1, -0.05) is 32.0 Å². The van der Waals surface area contributed by atoms with Crippen molar-refractivity contribution in [2.24, 2.45) is 5.92 Å². The summed E-state index contributed by atoms with van der Waals surface area (Å²) >= 11 is 0. The third-order valence-corrected chi connectivity index (χ3v) is 4.35. The molecule has 2 aromatic carbocycles. The Bertz CT molecular complexity index is 1100. The number of carbonyl (C=O) groups excluding carboxylic acids is 1. The van der Waals surface area contributed by atoms with Crippen molar-refractivity contribution in [2.75, 3.05) is 12.4 Å². The van der Waals surface area contributed by atoms with Crippen molar-refractivity contribution in [3.63, 3.8) is 0 Å². The molecule has 1 atom stereocenters. The second-order valence-corrected chi connectivity index (χ2v) is 6.56. The quantitative estimate of drug-likeness (QED) is 0.725. The van der Waals surface area contributed by atoms with Crippen LogP contribution in [0.1, 0.15) is 19.9 Å². The van der Waals surface area contributed by atoms with Crippen LogP contribution < -0.4 is 21.3 Å². The summed E-state index contributed by atoms with van der Waals surface area (Å²) in [7, 11) is 1.53. The summed E-state index contributed by atoms with van der Waals surface area (Å²) < 4.78 is 6.14. The molecule has 7 heteroatoms. The van der Waals surface area contributed by atoms with E-state index in [9.17, 15) is 14.4 Å². The predicted octanol–water partition coefficient (Wildman–Crippen LogP) is 2.53. The zero-order valence-electron chi connectivity index (χ0n) is 15.4. The number of rotatable bonds is 5. The molecule has 7 nitrogen and oxygen atoms in total. The topological polar surface area (TPSA) is 93.2 Å². The number of methoxy groups -OCH3 is 1. The van der Waals surface area contributed by atoms with Gasteiger partial charge in [-0.25, -0.2) is 9.36 Å².